The van der Waals surface area contributed by atoms with Crippen LogP contribution in [0.25, 0.3) is 10.1 Å². The third-order valence-electron chi connectivity index (χ3n) is 6.71. The number of alkyl halides is 4. The van der Waals surface area contributed by atoms with Gasteiger partial charge in [0.1, 0.15) is 13.3 Å². The summed E-state index contributed by atoms with van der Waals surface area (Å²) in [6.07, 6.45) is -6.13. The number of ether oxygens (including phenoxy) is 1. The monoisotopic (exact) mass is 599 g/mol. The van der Waals surface area contributed by atoms with E-state index in [9.17, 15) is 26.5 Å². The van der Waals surface area contributed by atoms with E-state index in [1.165, 1.54) is 32.6 Å². The minimum absolute atomic E-state index is 0.00497. The summed E-state index contributed by atoms with van der Waals surface area (Å²) in [7, 11) is 0.263. The molecule has 40 heavy (non-hydrogen) atoms. The number of benzene rings is 2. The topological polar surface area (TPSA) is 53.6 Å². The summed E-state index contributed by atoms with van der Waals surface area (Å²) in [6, 6.07) is 7.54. The number of nitrogens with zero attached hydrogens (tertiary/aromatic N) is 1. The fourth-order valence-electron chi connectivity index (χ4n) is 4.74. The van der Waals surface area contributed by atoms with Crippen molar-refractivity contribution in [1.29, 1.82) is 0 Å². The van der Waals surface area contributed by atoms with Crippen LogP contribution in [0, 0.1) is 17.7 Å². The Morgan fingerprint density at radius 3 is 2.60 bits per heavy atom. The molecule has 2 heterocycles. The molecule has 5 nitrogen and oxygen atoms in total. The molecular formula is C28H31F5N3O2PS. The molecular weight excluding hydrogens is 568 g/mol. The van der Waals surface area contributed by atoms with Crippen molar-refractivity contribution < 1.29 is 31.3 Å². The van der Waals surface area contributed by atoms with Crippen molar-refractivity contribution in [1.82, 2.24) is 4.90 Å². The highest BCUT2D eigenvalue weighted by molar-refractivity contribution is 7.70. The number of likely N-dealkylation sites (tertiary alicyclic amines) is 1. The van der Waals surface area contributed by atoms with Crippen molar-refractivity contribution in [2.45, 2.75) is 31.2 Å². The zero-order valence-electron chi connectivity index (χ0n) is 22.6. The van der Waals surface area contributed by atoms with Crippen LogP contribution in [0.3, 0.4) is 0 Å². The van der Waals surface area contributed by atoms with Crippen LogP contribution in [0.4, 0.5) is 33.3 Å². The van der Waals surface area contributed by atoms with E-state index in [1.54, 1.807) is 18.2 Å². The molecule has 216 valence electrons. The SMILES string of the molecule is COc1c(NCC#Cc2sc3c(N[C@@H]4CCN(C)C[C@@H]4F)cccc3c2CC(F)(F)F)ccc(P(C)(C)=O)c1F. The molecule has 0 aliphatic carbocycles. The summed E-state index contributed by atoms with van der Waals surface area (Å²) >= 11 is 1.13. The average Bonchev–Trinajstić information content (AvgIpc) is 3.19. The molecule has 3 aromatic rings. The van der Waals surface area contributed by atoms with Gasteiger partial charge in [0.2, 0.25) is 0 Å². The Kier molecular flexibility index (Phi) is 9.03. The average molecular weight is 600 g/mol. The van der Waals surface area contributed by atoms with E-state index in [1.807, 2.05) is 11.9 Å². The largest absolute Gasteiger partial charge is 0.492 e. The van der Waals surface area contributed by atoms with E-state index in [4.69, 9.17) is 4.74 Å². The Balaban J connectivity index is 1.62. The lowest BCUT2D eigenvalue weighted by Crippen LogP contribution is -2.46. The molecule has 2 N–H and O–H groups in total. The first kappa shape index (κ1) is 30.2. The highest BCUT2D eigenvalue weighted by Gasteiger charge is 2.32. The first-order chi connectivity index (χ1) is 18.8. The molecule has 4 rings (SSSR count). The first-order valence-corrected chi connectivity index (χ1v) is 16.1. The molecule has 0 saturated carbocycles. The van der Waals surface area contributed by atoms with Gasteiger partial charge in [0.15, 0.2) is 11.6 Å². The Labute approximate surface area is 234 Å². The zero-order valence-corrected chi connectivity index (χ0v) is 24.3. The lowest BCUT2D eigenvalue weighted by Gasteiger charge is -2.33. The number of hydrogen-bond acceptors (Lipinski definition) is 6. The second-order valence-electron chi connectivity index (χ2n) is 10.2. The van der Waals surface area contributed by atoms with E-state index in [-0.39, 0.29) is 40.3 Å². The lowest BCUT2D eigenvalue weighted by molar-refractivity contribution is -0.126. The number of methoxy groups -OCH3 is 1. The van der Waals surface area contributed by atoms with Crippen LogP contribution in [-0.4, -0.2) is 70.4 Å². The maximum atomic E-state index is 14.9. The molecule has 1 aliphatic rings. The standard InChI is InChI=1S/C28H31F5N3O2PS/c1-36-14-12-20(19(29)16-36)35-22-8-5-7-17-18(15-28(31,32)33)24(40-27(17)22)9-6-13-34-21-10-11-23(39(3,4)37)25(30)26(21)38-2/h5,7-8,10-11,19-20,34-35H,12-16H2,1-4H3/t19-,20+/m0/s1. The number of piperidine rings is 1. The molecule has 1 fully saturated rings. The van der Waals surface area contributed by atoms with Crippen molar-refractivity contribution in [3.63, 3.8) is 0 Å². The third-order valence-corrected chi connectivity index (χ3v) is 9.41. The first-order valence-electron chi connectivity index (χ1n) is 12.6. The van der Waals surface area contributed by atoms with Crippen molar-refractivity contribution in [3.8, 4) is 17.6 Å². The molecule has 0 amide bonds. The summed E-state index contributed by atoms with van der Waals surface area (Å²) in [5.41, 5.74) is 0.931. The molecule has 1 saturated heterocycles. The molecule has 1 aromatic heterocycles. The minimum atomic E-state index is -4.45. The Morgan fingerprint density at radius 1 is 1.20 bits per heavy atom. The number of rotatable bonds is 7. The van der Waals surface area contributed by atoms with Crippen LogP contribution >= 0.6 is 18.5 Å². The van der Waals surface area contributed by atoms with E-state index in [0.717, 1.165) is 17.9 Å². The Morgan fingerprint density at radius 2 is 1.95 bits per heavy atom. The van der Waals surface area contributed by atoms with Crippen LogP contribution < -0.4 is 20.7 Å². The summed E-state index contributed by atoms with van der Waals surface area (Å²) in [6.45, 7) is 3.91. The predicted octanol–water partition coefficient (Wildman–Crippen LogP) is 6.32. The number of anilines is 2. The number of nitrogens with one attached hydrogen (secondary N) is 2. The van der Waals surface area contributed by atoms with E-state index >= 15 is 0 Å². The minimum Gasteiger partial charge on any atom is -0.492 e. The normalized spacial score (nSPS) is 18.3. The molecule has 2 aromatic carbocycles. The maximum Gasteiger partial charge on any atom is 0.393 e. The van der Waals surface area contributed by atoms with Crippen LogP contribution in [-0.2, 0) is 11.0 Å². The van der Waals surface area contributed by atoms with Gasteiger partial charge < -0.3 is 24.8 Å². The smallest absolute Gasteiger partial charge is 0.393 e. The van der Waals surface area contributed by atoms with Gasteiger partial charge in [-0.1, -0.05) is 24.0 Å². The van der Waals surface area contributed by atoms with Gasteiger partial charge >= 0.3 is 6.18 Å². The third kappa shape index (κ3) is 6.91. The second kappa shape index (κ2) is 12.0. The van der Waals surface area contributed by atoms with E-state index in [2.05, 4.69) is 22.5 Å². The fourth-order valence-corrected chi connectivity index (χ4v) is 6.92. The van der Waals surface area contributed by atoms with Gasteiger partial charge in [0.05, 0.1) is 52.4 Å². The van der Waals surface area contributed by atoms with Gasteiger partial charge in [0, 0.05) is 13.1 Å². The maximum absolute atomic E-state index is 14.9. The lowest BCUT2D eigenvalue weighted by atomic mass is 10.0. The zero-order chi connectivity index (χ0) is 29.2. The van der Waals surface area contributed by atoms with Crippen molar-refractivity contribution >= 4 is 45.2 Å². The number of thiophene rings is 1. The highest BCUT2D eigenvalue weighted by atomic mass is 32.1. The van der Waals surface area contributed by atoms with Gasteiger partial charge in [-0.3, -0.25) is 0 Å². The highest BCUT2D eigenvalue weighted by Crippen LogP contribution is 2.41. The molecule has 0 radical (unpaired) electrons. The Hall–Kier alpha value is -2.80. The van der Waals surface area contributed by atoms with Crippen LogP contribution in [0.2, 0.25) is 0 Å². The molecule has 12 heteroatoms. The Bertz CT molecular complexity index is 1490. The molecule has 0 spiro atoms. The van der Waals surface area contributed by atoms with Gasteiger partial charge in [0.25, 0.3) is 0 Å². The predicted molar refractivity (Wildman–Crippen MR) is 153 cm³/mol. The molecule has 0 unspecified atom stereocenters. The van der Waals surface area contributed by atoms with Crippen LogP contribution in [0.5, 0.6) is 5.75 Å². The van der Waals surface area contributed by atoms with Crippen molar-refractivity contribution in [3.05, 3.63) is 46.6 Å². The van der Waals surface area contributed by atoms with E-state index < -0.39 is 37.8 Å². The summed E-state index contributed by atoms with van der Waals surface area (Å²) in [4.78, 5) is 2.16. The van der Waals surface area contributed by atoms with E-state index in [0.29, 0.717) is 22.2 Å². The van der Waals surface area contributed by atoms with Crippen molar-refractivity contribution in [2.75, 3.05) is 57.8 Å². The van der Waals surface area contributed by atoms with Gasteiger partial charge in [-0.05, 0) is 55.9 Å². The summed E-state index contributed by atoms with van der Waals surface area (Å²) in [5.74, 6) is 4.83. The number of hydrogen-bond donors (Lipinski definition) is 2. The number of halogens is 5. The van der Waals surface area contributed by atoms with Gasteiger partial charge in [-0.15, -0.1) is 11.3 Å². The fraction of sp³-hybridized carbons (Fsp3) is 0.429. The van der Waals surface area contributed by atoms with Crippen LogP contribution in [0.1, 0.15) is 16.9 Å². The number of fused-ring (bicyclic) bond motifs is 1. The van der Waals surface area contributed by atoms with Crippen molar-refractivity contribution in [2.24, 2.45) is 0 Å². The molecule has 2 atom stereocenters. The van der Waals surface area contributed by atoms with Gasteiger partial charge in [-0.25, -0.2) is 8.78 Å². The quantitative estimate of drug-likeness (QED) is 0.189. The second-order valence-corrected chi connectivity index (χ2v) is 14.4. The molecule has 0 bridgehead atoms. The van der Waals surface area contributed by atoms with Crippen LogP contribution in [0.15, 0.2) is 30.3 Å². The summed E-state index contributed by atoms with van der Waals surface area (Å²) < 4.78 is 88.3. The molecule has 1 aliphatic heterocycles. The van der Waals surface area contributed by atoms with Gasteiger partial charge in [-0.2, -0.15) is 13.2 Å². The summed E-state index contributed by atoms with van der Waals surface area (Å²) in [5, 5.41) is 6.63.